The minimum atomic E-state index is -4.67. The fourth-order valence-electron chi connectivity index (χ4n) is 2.18. The third-order valence-corrected chi connectivity index (χ3v) is 3.14. The van der Waals surface area contributed by atoms with E-state index < -0.39 is 30.0 Å². The van der Waals surface area contributed by atoms with Crippen molar-refractivity contribution in [2.24, 2.45) is 0 Å². The second kappa shape index (κ2) is 4.90. The van der Waals surface area contributed by atoms with Crippen LogP contribution in [0.25, 0.3) is 0 Å². The minimum absolute atomic E-state index is 0.0172. The monoisotopic (exact) mass is 307 g/mol. The predicted octanol–water partition coefficient (Wildman–Crippen LogP) is 2.75. The molecule has 0 saturated heterocycles. The van der Waals surface area contributed by atoms with Gasteiger partial charge in [-0.05, 0) is 24.3 Å². The average Bonchev–Trinajstić information content (AvgIpc) is 2.47. The number of nitrogens with zero attached hydrogens (tertiary/aromatic N) is 3. The van der Waals surface area contributed by atoms with Crippen molar-refractivity contribution in [1.82, 2.24) is 9.97 Å². The molecule has 3 rings (SSSR count). The summed E-state index contributed by atoms with van der Waals surface area (Å²) in [5.41, 5.74) is -0.924. The molecule has 0 aromatic carbocycles. The fourth-order valence-corrected chi connectivity index (χ4v) is 2.18. The summed E-state index contributed by atoms with van der Waals surface area (Å²) >= 11 is 0. The summed E-state index contributed by atoms with van der Waals surface area (Å²) < 4.78 is 38.5. The van der Waals surface area contributed by atoms with Gasteiger partial charge in [0.2, 0.25) is 5.91 Å². The van der Waals surface area contributed by atoms with Crippen LogP contribution in [0.3, 0.4) is 0 Å². The lowest BCUT2D eigenvalue weighted by molar-refractivity contribution is -0.141. The molecule has 3 heterocycles. The first-order valence-electron chi connectivity index (χ1n) is 6.22. The molecule has 8 heteroatoms. The number of hydrogen-bond donors (Lipinski definition) is 0. The number of alkyl halides is 3. The molecule has 22 heavy (non-hydrogen) atoms. The highest BCUT2D eigenvalue weighted by Gasteiger charge is 2.37. The molecule has 2 aromatic heterocycles. The summed E-state index contributed by atoms with van der Waals surface area (Å²) in [6.07, 6.45) is -2.31. The molecule has 0 N–H and O–H groups in total. The number of hydrogen-bond acceptors (Lipinski definition) is 4. The molecule has 0 aliphatic carbocycles. The van der Waals surface area contributed by atoms with Crippen molar-refractivity contribution >= 4 is 23.2 Å². The average molecular weight is 307 g/mol. The fraction of sp³-hybridized carbons (Fsp3) is 0.143. The van der Waals surface area contributed by atoms with Crippen LogP contribution in [0.5, 0.6) is 0 Å². The quantitative estimate of drug-likeness (QED) is 0.760. The molecule has 0 saturated carbocycles. The van der Waals surface area contributed by atoms with Gasteiger partial charge < -0.3 is 0 Å². The highest BCUT2D eigenvalue weighted by molar-refractivity contribution is 6.21. The van der Waals surface area contributed by atoms with E-state index in [2.05, 4.69) is 9.97 Å². The van der Waals surface area contributed by atoms with E-state index in [0.717, 1.165) is 17.0 Å². The maximum Gasteiger partial charge on any atom is 0.433 e. The highest BCUT2D eigenvalue weighted by Crippen LogP contribution is 2.36. The zero-order valence-electron chi connectivity index (χ0n) is 11.0. The Kier molecular flexibility index (Phi) is 3.16. The molecular formula is C14H8F3N3O2. The van der Waals surface area contributed by atoms with Crippen molar-refractivity contribution in [2.75, 3.05) is 4.90 Å². The Balaban J connectivity index is 2.20. The summed E-state index contributed by atoms with van der Waals surface area (Å²) in [7, 11) is 0. The lowest BCUT2D eigenvalue weighted by Gasteiger charge is -2.27. The summed E-state index contributed by atoms with van der Waals surface area (Å²) in [6.45, 7) is 0. The van der Waals surface area contributed by atoms with Crippen LogP contribution in [-0.4, -0.2) is 21.7 Å². The minimum Gasteiger partial charge on any atom is -0.293 e. The molecule has 0 spiro atoms. The second-order valence-electron chi connectivity index (χ2n) is 4.61. The Labute approximate surface area is 122 Å². The Morgan fingerprint density at radius 3 is 2.55 bits per heavy atom. The van der Waals surface area contributed by atoms with Crippen molar-refractivity contribution in [1.29, 1.82) is 0 Å². The van der Waals surface area contributed by atoms with Crippen molar-refractivity contribution in [2.45, 2.75) is 12.6 Å². The SMILES string of the molecule is O=C1CC(=O)N(c2cccnc2)c2nc(C(F)(F)F)ccc21. The number of pyridine rings is 2. The molecule has 0 radical (unpaired) electrons. The molecular weight excluding hydrogens is 299 g/mol. The first-order valence-corrected chi connectivity index (χ1v) is 6.22. The lowest BCUT2D eigenvalue weighted by Crippen LogP contribution is -2.35. The van der Waals surface area contributed by atoms with Crippen LogP contribution < -0.4 is 4.90 Å². The number of ketones is 1. The number of carbonyl (C=O) groups is 2. The molecule has 0 bridgehead atoms. The van der Waals surface area contributed by atoms with Gasteiger partial charge in [-0.1, -0.05) is 0 Å². The highest BCUT2D eigenvalue weighted by atomic mass is 19.4. The zero-order valence-corrected chi connectivity index (χ0v) is 11.0. The standard InChI is InChI=1S/C14H8F3N3O2/c15-14(16,17)11-4-3-9-10(21)6-12(22)20(13(9)19-11)8-2-1-5-18-7-8/h1-5,7H,6H2. The van der Waals surface area contributed by atoms with E-state index in [-0.39, 0.29) is 17.1 Å². The first kappa shape index (κ1) is 14.2. The van der Waals surface area contributed by atoms with Gasteiger partial charge in [0.15, 0.2) is 11.6 Å². The summed E-state index contributed by atoms with van der Waals surface area (Å²) in [5.74, 6) is -1.51. The molecule has 2 aromatic rings. The van der Waals surface area contributed by atoms with Crippen LogP contribution in [0.2, 0.25) is 0 Å². The molecule has 1 aliphatic rings. The van der Waals surface area contributed by atoms with Crippen LogP contribution in [0, 0.1) is 0 Å². The maximum absolute atomic E-state index is 12.8. The smallest absolute Gasteiger partial charge is 0.293 e. The summed E-state index contributed by atoms with van der Waals surface area (Å²) in [4.78, 5) is 32.2. The number of carbonyl (C=O) groups excluding carboxylic acids is 2. The molecule has 5 nitrogen and oxygen atoms in total. The van der Waals surface area contributed by atoms with E-state index >= 15 is 0 Å². The van der Waals surface area contributed by atoms with E-state index in [1.807, 2.05) is 0 Å². The van der Waals surface area contributed by atoms with E-state index in [9.17, 15) is 22.8 Å². The molecule has 0 fully saturated rings. The Bertz CT molecular complexity index is 760. The largest absolute Gasteiger partial charge is 0.433 e. The number of Topliss-reactive ketones (excluding diaryl/α,β-unsaturated/α-hetero) is 1. The van der Waals surface area contributed by atoms with Gasteiger partial charge in [0.05, 0.1) is 23.9 Å². The Morgan fingerprint density at radius 1 is 1.14 bits per heavy atom. The first-order chi connectivity index (χ1) is 10.4. The van der Waals surface area contributed by atoms with Gasteiger partial charge in [-0.15, -0.1) is 0 Å². The van der Waals surface area contributed by atoms with Crippen LogP contribution in [0.4, 0.5) is 24.7 Å². The van der Waals surface area contributed by atoms with Gasteiger partial charge in [0.1, 0.15) is 5.69 Å². The van der Waals surface area contributed by atoms with E-state index in [1.54, 1.807) is 0 Å². The second-order valence-corrected chi connectivity index (χ2v) is 4.61. The number of anilines is 2. The molecule has 1 amide bonds. The number of halogens is 3. The van der Waals surface area contributed by atoms with Gasteiger partial charge in [-0.25, -0.2) is 4.98 Å². The maximum atomic E-state index is 12.8. The van der Waals surface area contributed by atoms with Crippen LogP contribution in [0.15, 0.2) is 36.7 Å². The summed E-state index contributed by atoms with van der Waals surface area (Å²) in [6, 6.07) is 4.82. The van der Waals surface area contributed by atoms with E-state index in [4.69, 9.17) is 0 Å². The Morgan fingerprint density at radius 2 is 1.91 bits per heavy atom. The summed E-state index contributed by atoms with van der Waals surface area (Å²) in [5, 5.41) is 0. The number of rotatable bonds is 1. The third kappa shape index (κ3) is 2.32. The number of fused-ring (bicyclic) bond motifs is 1. The lowest BCUT2D eigenvalue weighted by atomic mass is 10.0. The normalized spacial score (nSPS) is 15.0. The van der Waals surface area contributed by atoms with Crippen molar-refractivity contribution in [3.8, 4) is 0 Å². The topological polar surface area (TPSA) is 63.2 Å². The Hall–Kier alpha value is -2.77. The molecule has 0 unspecified atom stereocenters. The van der Waals surface area contributed by atoms with E-state index in [0.29, 0.717) is 0 Å². The predicted molar refractivity (Wildman–Crippen MR) is 69.6 cm³/mol. The molecule has 112 valence electrons. The van der Waals surface area contributed by atoms with Gasteiger partial charge in [-0.2, -0.15) is 13.2 Å². The van der Waals surface area contributed by atoms with Gasteiger partial charge in [0.25, 0.3) is 0 Å². The van der Waals surface area contributed by atoms with Gasteiger partial charge in [-0.3, -0.25) is 19.5 Å². The van der Waals surface area contributed by atoms with E-state index in [1.165, 1.54) is 24.5 Å². The van der Waals surface area contributed by atoms with Gasteiger partial charge >= 0.3 is 6.18 Å². The van der Waals surface area contributed by atoms with Crippen molar-refractivity contribution < 1.29 is 22.8 Å². The van der Waals surface area contributed by atoms with Crippen molar-refractivity contribution in [3.05, 3.63) is 47.9 Å². The van der Waals surface area contributed by atoms with Gasteiger partial charge in [0, 0.05) is 6.20 Å². The van der Waals surface area contributed by atoms with Crippen LogP contribution in [-0.2, 0) is 11.0 Å². The van der Waals surface area contributed by atoms with Crippen LogP contribution >= 0.6 is 0 Å². The number of aromatic nitrogens is 2. The van der Waals surface area contributed by atoms with Crippen LogP contribution in [0.1, 0.15) is 22.5 Å². The number of amides is 1. The molecule has 0 atom stereocenters. The molecule has 1 aliphatic heterocycles. The third-order valence-electron chi connectivity index (χ3n) is 3.14. The zero-order chi connectivity index (χ0) is 15.9. The van der Waals surface area contributed by atoms with Crippen molar-refractivity contribution in [3.63, 3.8) is 0 Å².